The smallest absolute Gasteiger partial charge is 0.0162 e. The molecule has 6 heavy (non-hydrogen) atoms. The first-order valence-corrected chi connectivity index (χ1v) is 2.62. The normalized spacial score (nSPS) is 36.0. The van der Waals surface area contributed by atoms with E-state index in [4.69, 9.17) is 0 Å². The van der Waals surface area contributed by atoms with Crippen molar-refractivity contribution in [1.82, 2.24) is 0 Å². The Hall–Kier alpha value is 0. The molecule has 0 bridgehead atoms. The van der Waals surface area contributed by atoms with E-state index in [-0.39, 0.29) is 0 Å². The summed E-state index contributed by atoms with van der Waals surface area (Å²) in [5.41, 5.74) is 0.861. The molecule has 0 atom stereocenters. The van der Waals surface area contributed by atoms with Crippen LogP contribution in [-0.2, 0) is 0 Å². The Balaban J connectivity index is 2.09. The zero-order valence-electron chi connectivity index (χ0n) is 3.83. The quantitative estimate of drug-likeness (QED) is 0.415. The number of hydrogen-bond acceptors (Lipinski definition) is 0. The van der Waals surface area contributed by atoms with Crippen molar-refractivity contribution in [2.45, 2.75) is 25.7 Å². The highest BCUT2D eigenvalue weighted by Gasteiger charge is 2.47. The molecule has 0 nitrogen and oxygen atoms in total. The average molecular weight is 80.1 g/mol. The Morgan fingerprint density at radius 1 is 1.17 bits per heavy atom. The van der Waals surface area contributed by atoms with Gasteiger partial charge in [0.05, 0.1) is 0 Å². The van der Waals surface area contributed by atoms with Gasteiger partial charge in [0, 0.05) is 0 Å². The van der Waals surface area contributed by atoms with E-state index in [1.165, 1.54) is 25.7 Å². The topological polar surface area (TPSA) is 0 Å². The van der Waals surface area contributed by atoms with Crippen LogP contribution in [0, 0.1) is 11.8 Å². The van der Waals surface area contributed by atoms with E-state index < -0.39 is 0 Å². The van der Waals surface area contributed by atoms with E-state index in [9.17, 15) is 0 Å². The molecule has 0 saturated heterocycles. The summed E-state index contributed by atoms with van der Waals surface area (Å²) in [7, 11) is 0. The fourth-order valence-electron chi connectivity index (χ4n) is 1.01. The Morgan fingerprint density at radius 2 is 1.83 bits per heavy atom. The van der Waals surface area contributed by atoms with Gasteiger partial charge in [-0.05, 0) is 37.5 Å². The highest BCUT2D eigenvalue weighted by molar-refractivity contribution is 5.07. The van der Waals surface area contributed by atoms with Crippen LogP contribution < -0.4 is 0 Å². The van der Waals surface area contributed by atoms with E-state index in [1.807, 2.05) is 0 Å². The van der Waals surface area contributed by atoms with Gasteiger partial charge in [0.1, 0.15) is 0 Å². The Labute approximate surface area is 38.6 Å². The lowest BCUT2D eigenvalue weighted by Gasteiger charge is -2.22. The molecule has 0 N–H and O–H groups in total. The molecule has 2 saturated carbocycles. The first-order valence-electron chi connectivity index (χ1n) is 2.62. The molecule has 0 heterocycles. The predicted molar refractivity (Wildman–Crippen MR) is 24.1 cm³/mol. The molecule has 2 radical (unpaired) electrons. The van der Waals surface area contributed by atoms with Crippen LogP contribution in [0.15, 0.2) is 0 Å². The van der Waals surface area contributed by atoms with Gasteiger partial charge >= 0.3 is 0 Å². The summed E-state index contributed by atoms with van der Waals surface area (Å²) in [5, 5.41) is 0. The van der Waals surface area contributed by atoms with Gasteiger partial charge in [0.25, 0.3) is 0 Å². The zero-order valence-corrected chi connectivity index (χ0v) is 3.83. The van der Waals surface area contributed by atoms with Crippen molar-refractivity contribution >= 4 is 0 Å². The summed E-state index contributed by atoms with van der Waals surface area (Å²) in [6, 6.07) is 0. The molecule has 0 heteroatoms. The second-order valence-corrected chi connectivity index (χ2v) is 2.60. The van der Waals surface area contributed by atoms with Crippen molar-refractivity contribution < 1.29 is 0 Å². The summed E-state index contributed by atoms with van der Waals surface area (Å²) in [4.78, 5) is 0. The summed E-state index contributed by atoms with van der Waals surface area (Å²) in [6.45, 7) is 0. The van der Waals surface area contributed by atoms with Gasteiger partial charge < -0.3 is 0 Å². The third-order valence-corrected chi connectivity index (χ3v) is 1.96. The molecule has 0 aromatic heterocycles. The van der Waals surface area contributed by atoms with E-state index in [0.717, 1.165) is 5.41 Å². The lowest BCUT2D eigenvalue weighted by molar-refractivity contribution is 0.385. The molecule has 0 aliphatic heterocycles. The number of rotatable bonds is 0. The maximum absolute atomic E-state index is 3.26. The average Bonchev–Trinajstić information content (AvgIpc) is 2.02. The second-order valence-electron chi connectivity index (χ2n) is 2.60. The lowest BCUT2D eigenvalue weighted by atomic mass is 9.82. The molecule has 2 aliphatic rings. The standard InChI is InChI=1S/C6H8/c1-2-6(3-1)4-5-6/h2-5H2. The van der Waals surface area contributed by atoms with Crippen LogP contribution >= 0.6 is 0 Å². The summed E-state index contributed by atoms with van der Waals surface area (Å²) in [6.07, 6.45) is 8.89. The van der Waals surface area contributed by atoms with Gasteiger partial charge in [-0.3, -0.25) is 0 Å². The van der Waals surface area contributed by atoms with Crippen molar-refractivity contribution in [2.75, 3.05) is 0 Å². The Morgan fingerprint density at radius 3 is 1.83 bits per heavy atom. The van der Waals surface area contributed by atoms with E-state index in [2.05, 4.69) is 6.42 Å². The van der Waals surface area contributed by atoms with E-state index in [1.54, 1.807) is 0 Å². The summed E-state index contributed by atoms with van der Waals surface area (Å²) in [5.74, 6) is 0. The molecule has 0 unspecified atom stereocenters. The van der Waals surface area contributed by atoms with Crippen LogP contribution in [0.2, 0.25) is 0 Å². The highest BCUT2D eigenvalue weighted by Crippen LogP contribution is 2.59. The largest absolute Gasteiger partial charge is 0.0470 e. The van der Waals surface area contributed by atoms with Crippen molar-refractivity contribution in [3.05, 3.63) is 6.42 Å². The van der Waals surface area contributed by atoms with Crippen molar-refractivity contribution in [3.63, 3.8) is 0 Å². The molecule has 1 spiro atoms. The van der Waals surface area contributed by atoms with Gasteiger partial charge in [0.15, 0.2) is 0 Å². The number of hydrogen-bond donors (Lipinski definition) is 0. The molecular weight excluding hydrogens is 72.1 g/mol. The first kappa shape index (κ1) is 3.06. The van der Waals surface area contributed by atoms with Crippen LogP contribution in [0.4, 0.5) is 0 Å². The predicted octanol–water partition coefficient (Wildman–Crippen LogP) is 1.64. The molecule has 2 aliphatic carbocycles. The molecular formula is C6H8. The zero-order chi connectivity index (χ0) is 4.04. The molecule has 2 rings (SSSR count). The van der Waals surface area contributed by atoms with Crippen molar-refractivity contribution in [1.29, 1.82) is 0 Å². The van der Waals surface area contributed by atoms with Gasteiger partial charge in [-0.2, -0.15) is 0 Å². The molecule has 0 aromatic rings. The fraction of sp³-hybridized carbons (Fsp3) is 0.833. The van der Waals surface area contributed by atoms with Crippen LogP contribution in [0.5, 0.6) is 0 Å². The van der Waals surface area contributed by atoms with Crippen LogP contribution in [0.25, 0.3) is 0 Å². The summed E-state index contributed by atoms with van der Waals surface area (Å²) >= 11 is 0. The van der Waals surface area contributed by atoms with Crippen LogP contribution in [0.3, 0.4) is 0 Å². The maximum atomic E-state index is 3.26. The molecule has 32 valence electrons. The van der Waals surface area contributed by atoms with Gasteiger partial charge in [0.2, 0.25) is 0 Å². The first-order chi connectivity index (χ1) is 2.91. The summed E-state index contributed by atoms with van der Waals surface area (Å²) < 4.78 is 0. The third-order valence-electron chi connectivity index (χ3n) is 1.96. The Bertz CT molecular complexity index is 64.1. The van der Waals surface area contributed by atoms with Gasteiger partial charge in [-0.1, -0.05) is 0 Å². The fourth-order valence-corrected chi connectivity index (χ4v) is 1.01. The van der Waals surface area contributed by atoms with Crippen molar-refractivity contribution in [2.24, 2.45) is 5.41 Å². The van der Waals surface area contributed by atoms with Crippen molar-refractivity contribution in [3.8, 4) is 0 Å². The minimum atomic E-state index is 0.861. The minimum Gasteiger partial charge on any atom is -0.0470 e. The minimum absolute atomic E-state index is 0.861. The third kappa shape index (κ3) is 0.213. The molecule has 0 aromatic carbocycles. The second kappa shape index (κ2) is 0.661. The Kier molecular flexibility index (Phi) is 0.337. The van der Waals surface area contributed by atoms with Gasteiger partial charge in [-0.25, -0.2) is 0 Å². The van der Waals surface area contributed by atoms with Gasteiger partial charge in [-0.15, -0.1) is 0 Å². The SMILES string of the molecule is [C]1CC2(C1)CC2. The monoisotopic (exact) mass is 80.1 g/mol. The highest BCUT2D eigenvalue weighted by atomic mass is 14.5. The molecule has 0 amide bonds. The van der Waals surface area contributed by atoms with Crippen LogP contribution in [0.1, 0.15) is 25.7 Å². The molecule has 2 fully saturated rings. The lowest BCUT2D eigenvalue weighted by Crippen LogP contribution is -2.11. The van der Waals surface area contributed by atoms with Crippen LogP contribution in [-0.4, -0.2) is 0 Å². The maximum Gasteiger partial charge on any atom is -0.0162 e. The van der Waals surface area contributed by atoms with E-state index >= 15 is 0 Å². The van der Waals surface area contributed by atoms with E-state index in [0.29, 0.717) is 0 Å².